The number of pyridine rings is 1. The van der Waals surface area contributed by atoms with Gasteiger partial charge in [0.2, 0.25) is 0 Å². The predicted molar refractivity (Wildman–Crippen MR) is 93.9 cm³/mol. The van der Waals surface area contributed by atoms with Crippen LogP contribution in [0.3, 0.4) is 0 Å². The number of hydrogen-bond donors (Lipinski definition) is 1. The molecule has 0 amide bonds. The molecule has 2 atom stereocenters. The molecule has 114 valence electrons. The molecule has 1 heterocycles. The molecular weight excluding hydrogens is 372 g/mol. The Bertz CT molecular complexity index is 700. The van der Waals surface area contributed by atoms with Gasteiger partial charge in [0.1, 0.15) is 5.15 Å². The van der Waals surface area contributed by atoms with Crippen molar-refractivity contribution in [1.82, 2.24) is 9.71 Å². The molecule has 0 saturated carbocycles. The summed E-state index contributed by atoms with van der Waals surface area (Å²) in [5.74, 6) is 0. The van der Waals surface area contributed by atoms with E-state index in [2.05, 4.69) is 25.6 Å². The normalized spacial score (nSPS) is 15.1. The van der Waals surface area contributed by atoms with Crippen molar-refractivity contribution < 1.29 is 4.21 Å². The summed E-state index contributed by atoms with van der Waals surface area (Å²) in [5.41, 5.74) is 1.69. The number of rotatable bonds is 3. The molecule has 1 aromatic heterocycles. The second-order valence-corrected chi connectivity index (χ2v) is 9.20. The number of nitrogens with zero attached hydrogens (tertiary/aromatic N) is 1. The molecule has 0 bridgehead atoms. The van der Waals surface area contributed by atoms with Crippen molar-refractivity contribution in [2.24, 2.45) is 0 Å². The van der Waals surface area contributed by atoms with Gasteiger partial charge in [0, 0.05) is 21.5 Å². The quantitative estimate of drug-likeness (QED) is 0.769. The fourth-order valence-electron chi connectivity index (χ4n) is 1.84. The first-order chi connectivity index (χ1) is 9.68. The average molecular weight is 390 g/mol. The van der Waals surface area contributed by atoms with Crippen molar-refractivity contribution in [2.75, 3.05) is 0 Å². The Morgan fingerprint density at radius 2 is 2.00 bits per heavy atom. The summed E-state index contributed by atoms with van der Waals surface area (Å²) in [7, 11) is -1.16. The summed E-state index contributed by atoms with van der Waals surface area (Å²) in [5, 5.41) is 1.44. The third kappa shape index (κ3) is 4.03. The number of aromatic nitrogens is 1. The minimum atomic E-state index is -1.16. The van der Waals surface area contributed by atoms with Gasteiger partial charge in [0.05, 0.1) is 21.2 Å². The zero-order valence-corrected chi connectivity index (χ0v) is 15.6. The van der Waals surface area contributed by atoms with Crippen molar-refractivity contribution in [1.29, 1.82) is 0 Å². The Balaban J connectivity index is 2.37. The van der Waals surface area contributed by atoms with Crippen LogP contribution >= 0.6 is 27.5 Å². The lowest BCUT2D eigenvalue weighted by Gasteiger charge is -2.22. The Morgan fingerprint density at radius 3 is 2.62 bits per heavy atom. The summed E-state index contributed by atoms with van der Waals surface area (Å²) >= 11 is 9.73. The maximum Gasteiger partial charge on any atom is 0.134 e. The summed E-state index contributed by atoms with van der Waals surface area (Å²) in [6, 6.07) is 7.69. The Labute approximate surface area is 141 Å². The molecule has 21 heavy (non-hydrogen) atoms. The second kappa shape index (κ2) is 6.32. The van der Waals surface area contributed by atoms with E-state index in [0.29, 0.717) is 5.15 Å². The SMILES string of the molecule is CC(N[S@@](=O)C(C)(C)C)c1cc2cc(Br)ccc2nc1Cl. The minimum Gasteiger partial charge on any atom is -0.242 e. The number of nitrogens with one attached hydrogen (secondary N) is 1. The first kappa shape index (κ1) is 16.9. The number of hydrogen-bond acceptors (Lipinski definition) is 2. The van der Waals surface area contributed by atoms with Crippen LogP contribution in [0.25, 0.3) is 10.9 Å². The molecule has 1 unspecified atom stereocenters. The van der Waals surface area contributed by atoms with Gasteiger partial charge in [-0.15, -0.1) is 0 Å². The molecule has 0 aliphatic carbocycles. The van der Waals surface area contributed by atoms with Crippen molar-refractivity contribution in [3.63, 3.8) is 0 Å². The van der Waals surface area contributed by atoms with Gasteiger partial charge >= 0.3 is 0 Å². The Hall–Kier alpha value is -0.490. The van der Waals surface area contributed by atoms with Gasteiger partial charge in [-0.05, 0) is 52.0 Å². The summed E-state index contributed by atoms with van der Waals surface area (Å²) in [6.45, 7) is 7.73. The highest BCUT2D eigenvalue weighted by atomic mass is 79.9. The van der Waals surface area contributed by atoms with Crippen LogP contribution < -0.4 is 4.72 Å². The molecule has 0 fully saturated rings. The lowest BCUT2D eigenvalue weighted by atomic mass is 10.1. The van der Waals surface area contributed by atoms with Gasteiger partial charge in [-0.2, -0.15) is 0 Å². The van der Waals surface area contributed by atoms with E-state index in [-0.39, 0.29) is 10.8 Å². The molecule has 0 spiro atoms. The third-order valence-electron chi connectivity index (χ3n) is 3.06. The van der Waals surface area contributed by atoms with E-state index < -0.39 is 11.0 Å². The Morgan fingerprint density at radius 1 is 1.33 bits per heavy atom. The number of benzene rings is 1. The molecule has 0 aliphatic rings. The molecule has 3 nitrogen and oxygen atoms in total. The van der Waals surface area contributed by atoms with Gasteiger partial charge in [-0.3, -0.25) is 0 Å². The molecule has 2 rings (SSSR count). The van der Waals surface area contributed by atoms with Crippen LogP contribution in [0.15, 0.2) is 28.7 Å². The van der Waals surface area contributed by atoms with E-state index in [4.69, 9.17) is 11.6 Å². The van der Waals surface area contributed by atoms with Gasteiger partial charge in [0.15, 0.2) is 0 Å². The molecule has 1 aromatic carbocycles. The van der Waals surface area contributed by atoms with E-state index in [1.807, 2.05) is 52.0 Å². The zero-order chi connectivity index (χ0) is 15.8. The lowest BCUT2D eigenvalue weighted by Crippen LogP contribution is -2.34. The van der Waals surface area contributed by atoms with Crippen LogP contribution in [0.2, 0.25) is 5.15 Å². The van der Waals surface area contributed by atoms with Gasteiger partial charge < -0.3 is 0 Å². The summed E-state index contributed by atoms with van der Waals surface area (Å²) in [4.78, 5) is 4.41. The first-order valence-corrected chi connectivity index (χ1v) is 8.94. The molecule has 6 heteroatoms. The summed E-state index contributed by atoms with van der Waals surface area (Å²) < 4.78 is 16.0. The van der Waals surface area contributed by atoms with Gasteiger partial charge in [-0.1, -0.05) is 27.5 Å². The predicted octanol–water partition coefficient (Wildman–Crippen LogP) is 4.76. The highest BCUT2D eigenvalue weighted by molar-refractivity contribution is 9.10. The van der Waals surface area contributed by atoms with Crippen molar-refractivity contribution in [3.05, 3.63) is 39.5 Å². The first-order valence-electron chi connectivity index (χ1n) is 6.62. The van der Waals surface area contributed by atoms with Crippen LogP contribution in [-0.4, -0.2) is 13.9 Å². The lowest BCUT2D eigenvalue weighted by molar-refractivity contribution is 0.616. The third-order valence-corrected chi connectivity index (χ3v) is 5.54. The number of fused-ring (bicyclic) bond motifs is 1. The molecule has 0 saturated heterocycles. The van der Waals surface area contributed by atoms with E-state index in [9.17, 15) is 4.21 Å². The topological polar surface area (TPSA) is 42.0 Å². The standard InChI is InChI=1S/C15H18BrClN2OS/c1-9(19-21(20)15(2,3)4)12-8-10-7-11(16)5-6-13(10)18-14(12)17/h5-9,19H,1-4H3/t9?,21-/m0/s1. The van der Waals surface area contributed by atoms with Gasteiger partial charge in [-0.25, -0.2) is 13.9 Å². The van der Waals surface area contributed by atoms with E-state index >= 15 is 0 Å². The summed E-state index contributed by atoms with van der Waals surface area (Å²) in [6.07, 6.45) is 0. The van der Waals surface area contributed by atoms with E-state index in [0.717, 1.165) is 20.9 Å². The molecule has 0 aliphatic heterocycles. The monoisotopic (exact) mass is 388 g/mol. The number of halogens is 2. The maximum absolute atomic E-state index is 12.2. The van der Waals surface area contributed by atoms with Crippen LogP contribution in [0, 0.1) is 0 Å². The largest absolute Gasteiger partial charge is 0.242 e. The van der Waals surface area contributed by atoms with E-state index in [1.165, 1.54) is 0 Å². The fraction of sp³-hybridized carbons (Fsp3) is 0.400. The fourth-order valence-corrected chi connectivity index (χ4v) is 3.33. The van der Waals surface area contributed by atoms with Crippen LogP contribution in [0.4, 0.5) is 0 Å². The average Bonchev–Trinajstić information content (AvgIpc) is 2.37. The molecule has 2 aromatic rings. The molecular formula is C15H18BrClN2OS. The maximum atomic E-state index is 12.2. The van der Waals surface area contributed by atoms with Crippen LogP contribution in [0.5, 0.6) is 0 Å². The van der Waals surface area contributed by atoms with Gasteiger partial charge in [0.25, 0.3) is 0 Å². The molecule has 1 N–H and O–H groups in total. The second-order valence-electron chi connectivity index (χ2n) is 5.93. The smallest absolute Gasteiger partial charge is 0.134 e. The van der Waals surface area contributed by atoms with E-state index in [1.54, 1.807) is 0 Å². The van der Waals surface area contributed by atoms with Crippen molar-refractivity contribution >= 4 is 49.4 Å². The van der Waals surface area contributed by atoms with Crippen molar-refractivity contribution in [2.45, 2.75) is 38.5 Å². The van der Waals surface area contributed by atoms with Crippen molar-refractivity contribution in [3.8, 4) is 0 Å². The van der Waals surface area contributed by atoms with Crippen LogP contribution in [-0.2, 0) is 11.0 Å². The Kier molecular flexibility index (Phi) is 5.08. The highest BCUT2D eigenvalue weighted by Crippen LogP contribution is 2.28. The zero-order valence-electron chi connectivity index (χ0n) is 12.4. The minimum absolute atomic E-state index is 0.145. The molecule has 0 radical (unpaired) electrons. The van der Waals surface area contributed by atoms with Crippen LogP contribution in [0.1, 0.15) is 39.3 Å². The highest BCUT2D eigenvalue weighted by Gasteiger charge is 2.23.